The van der Waals surface area contributed by atoms with E-state index in [2.05, 4.69) is 20.3 Å². The first-order valence-corrected chi connectivity index (χ1v) is 9.64. The smallest absolute Gasteiger partial charge is 0.252 e. The van der Waals surface area contributed by atoms with Gasteiger partial charge in [0.15, 0.2) is 0 Å². The van der Waals surface area contributed by atoms with Gasteiger partial charge < -0.3 is 18.7 Å². The van der Waals surface area contributed by atoms with Crippen molar-refractivity contribution >= 4 is 5.91 Å². The molecule has 0 radical (unpaired) electrons. The number of aromatic nitrogens is 4. The van der Waals surface area contributed by atoms with Gasteiger partial charge in [-0.15, -0.1) is 0 Å². The Kier molecular flexibility index (Phi) is 5.66. The number of likely N-dealkylation sites (tertiary alicyclic amines) is 1. The number of aryl methyl sites for hydroxylation is 2. The van der Waals surface area contributed by atoms with Gasteiger partial charge >= 0.3 is 0 Å². The molecule has 152 valence electrons. The maximum Gasteiger partial charge on any atom is 0.252 e. The van der Waals surface area contributed by atoms with Crippen LogP contribution in [0, 0.1) is 13.8 Å². The molecule has 4 heterocycles. The molecule has 1 aliphatic heterocycles. The third kappa shape index (κ3) is 4.51. The molecule has 1 aliphatic rings. The van der Waals surface area contributed by atoms with Crippen LogP contribution < -0.4 is 0 Å². The minimum absolute atomic E-state index is 0.0606. The average Bonchev–Trinajstić information content (AvgIpc) is 3.35. The van der Waals surface area contributed by atoms with Crippen LogP contribution in [0.15, 0.2) is 33.6 Å². The summed E-state index contributed by atoms with van der Waals surface area (Å²) in [6, 6.07) is 3.64. The van der Waals surface area contributed by atoms with Crippen LogP contribution in [0.2, 0.25) is 0 Å². The SMILES string of the molecule is Cc1noc(C)c1CC(=O)N1CCCC(OCc2nc(-c3ccncc3)no2)C1. The Morgan fingerprint density at radius 1 is 1.24 bits per heavy atom. The number of carbonyl (C=O) groups is 1. The van der Waals surface area contributed by atoms with Gasteiger partial charge in [0.2, 0.25) is 11.7 Å². The number of amides is 1. The first-order valence-electron chi connectivity index (χ1n) is 9.64. The molecule has 0 N–H and O–H groups in total. The summed E-state index contributed by atoms with van der Waals surface area (Å²) in [7, 11) is 0. The van der Waals surface area contributed by atoms with Crippen molar-refractivity contribution in [2.45, 2.75) is 45.8 Å². The summed E-state index contributed by atoms with van der Waals surface area (Å²) in [5, 5.41) is 7.90. The van der Waals surface area contributed by atoms with Crippen LogP contribution in [0.3, 0.4) is 0 Å². The Labute approximate surface area is 168 Å². The second-order valence-corrected chi connectivity index (χ2v) is 7.14. The van der Waals surface area contributed by atoms with E-state index in [-0.39, 0.29) is 18.6 Å². The number of pyridine rings is 1. The molecule has 1 amide bonds. The lowest BCUT2D eigenvalue weighted by Crippen LogP contribution is -2.43. The van der Waals surface area contributed by atoms with Crippen LogP contribution in [0.25, 0.3) is 11.4 Å². The molecule has 0 spiro atoms. The largest absolute Gasteiger partial charge is 0.367 e. The van der Waals surface area contributed by atoms with Crippen molar-refractivity contribution in [3.63, 3.8) is 0 Å². The zero-order valence-electron chi connectivity index (χ0n) is 16.5. The van der Waals surface area contributed by atoms with Crippen LogP contribution in [-0.2, 0) is 22.6 Å². The molecular formula is C20H23N5O4. The van der Waals surface area contributed by atoms with Crippen molar-refractivity contribution in [1.29, 1.82) is 0 Å². The second-order valence-electron chi connectivity index (χ2n) is 7.14. The highest BCUT2D eigenvalue weighted by atomic mass is 16.5. The van der Waals surface area contributed by atoms with Gasteiger partial charge in [-0.05, 0) is 38.8 Å². The summed E-state index contributed by atoms with van der Waals surface area (Å²) in [5.41, 5.74) is 2.47. The Morgan fingerprint density at radius 2 is 2.07 bits per heavy atom. The van der Waals surface area contributed by atoms with Crippen molar-refractivity contribution < 1.29 is 18.6 Å². The fraction of sp³-hybridized carbons (Fsp3) is 0.450. The highest BCUT2D eigenvalue weighted by Crippen LogP contribution is 2.19. The molecule has 0 aromatic carbocycles. The average molecular weight is 397 g/mol. The molecule has 1 saturated heterocycles. The van der Waals surface area contributed by atoms with E-state index >= 15 is 0 Å². The Bertz CT molecular complexity index is 949. The lowest BCUT2D eigenvalue weighted by Gasteiger charge is -2.32. The number of carbonyl (C=O) groups excluding carboxylic acids is 1. The van der Waals surface area contributed by atoms with E-state index in [0.717, 1.165) is 36.2 Å². The van der Waals surface area contributed by atoms with E-state index in [1.54, 1.807) is 12.4 Å². The summed E-state index contributed by atoms with van der Waals surface area (Å²) >= 11 is 0. The minimum atomic E-state index is -0.0614. The van der Waals surface area contributed by atoms with Crippen molar-refractivity contribution in [2.24, 2.45) is 0 Å². The van der Waals surface area contributed by atoms with E-state index in [4.69, 9.17) is 13.8 Å². The van der Waals surface area contributed by atoms with Gasteiger partial charge in [0.25, 0.3) is 5.89 Å². The van der Waals surface area contributed by atoms with Gasteiger partial charge in [-0.1, -0.05) is 10.3 Å². The van der Waals surface area contributed by atoms with E-state index in [1.165, 1.54) is 0 Å². The molecule has 0 saturated carbocycles. The molecule has 0 aliphatic carbocycles. The highest BCUT2D eigenvalue weighted by Gasteiger charge is 2.26. The zero-order chi connectivity index (χ0) is 20.2. The predicted octanol–water partition coefficient (Wildman–Crippen LogP) is 2.49. The molecule has 9 heteroatoms. The number of piperidine rings is 1. The van der Waals surface area contributed by atoms with Crippen molar-refractivity contribution in [3.05, 3.63) is 47.4 Å². The molecule has 29 heavy (non-hydrogen) atoms. The Hall–Kier alpha value is -3.07. The Balaban J connectivity index is 1.31. The fourth-order valence-electron chi connectivity index (χ4n) is 3.44. The molecular weight excluding hydrogens is 374 g/mol. The summed E-state index contributed by atoms with van der Waals surface area (Å²) in [6.45, 7) is 5.18. The first-order chi connectivity index (χ1) is 14.1. The summed E-state index contributed by atoms with van der Waals surface area (Å²) < 4.78 is 16.4. The number of hydrogen-bond donors (Lipinski definition) is 0. The molecule has 0 bridgehead atoms. The third-order valence-corrected chi connectivity index (χ3v) is 5.09. The number of rotatable bonds is 6. The molecule has 4 rings (SSSR count). The minimum Gasteiger partial charge on any atom is -0.367 e. The van der Waals surface area contributed by atoms with Crippen molar-refractivity contribution in [1.82, 2.24) is 25.2 Å². The molecule has 1 atom stereocenters. The van der Waals surface area contributed by atoms with Gasteiger partial charge in [-0.25, -0.2) is 0 Å². The van der Waals surface area contributed by atoms with E-state index in [9.17, 15) is 4.79 Å². The molecule has 3 aromatic heterocycles. The van der Waals surface area contributed by atoms with Crippen LogP contribution >= 0.6 is 0 Å². The molecule has 9 nitrogen and oxygen atoms in total. The number of nitrogens with zero attached hydrogens (tertiary/aromatic N) is 5. The monoisotopic (exact) mass is 397 g/mol. The topological polar surface area (TPSA) is 107 Å². The maximum absolute atomic E-state index is 12.7. The van der Waals surface area contributed by atoms with Gasteiger partial charge in [0.1, 0.15) is 12.4 Å². The van der Waals surface area contributed by atoms with E-state index in [1.807, 2.05) is 30.9 Å². The van der Waals surface area contributed by atoms with Crippen molar-refractivity contribution in [3.8, 4) is 11.4 Å². The number of ether oxygens (including phenoxy) is 1. The van der Waals surface area contributed by atoms with E-state index < -0.39 is 0 Å². The van der Waals surface area contributed by atoms with Gasteiger partial charge in [-0.3, -0.25) is 9.78 Å². The summed E-state index contributed by atoms with van der Waals surface area (Å²) in [5.74, 6) is 1.68. The van der Waals surface area contributed by atoms with Gasteiger partial charge in [-0.2, -0.15) is 4.98 Å². The highest BCUT2D eigenvalue weighted by molar-refractivity contribution is 5.79. The number of hydrogen-bond acceptors (Lipinski definition) is 8. The van der Waals surface area contributed by atoms with Crippen LogP contribution in [0.1, 0.15) is 35.7 Å². The molecule has 1 fully saturated rings. The Morgan fingerprint density at radius 3 is 2.83 bits per heavy atom. The van der Waals surface area contributed by atoms with E-state index in [0.29, 0.717) is 30.4 Å². The van der Waals surface area contributed by atoms with Gasteiger partial charge in [0.05, 0.1) is 18.2 Å². The summed E-state index contributed by atoms with van der Waals surface area (Å²) in [4.78, 5) is 22.9. The van der Waals surface area contributed by atoms with Crippen LogP contribution in [-0.4, -0.2) is 50.3 Å². The zero-order valence-corrected chi connectivity index (χ0v) is 16.5. The quantitative estimate of drug-likeness (QED) is 0.624. The maximum atomic E-state index is 12.7. The fourth-order valence-corrected chi connectivity index (χ4v) is 3.44. The second kappa shape index (κ2) is 8.52. The van der Waals surface area contributed by atoms with Crippen LogP contribution in [0.5, 0.6) is 0 Å². The van der Waals surface area contributed by atoms with Gasteiger partial charge in [0, 0.05) is 36.6 Å². The lowest BCUT2D eigenvalue weighted by molar-refractivity contribution is -0.135. The first kappa shape index (κ1) is 19.3. The summed E-state index contributed by atoms with van der Waals surface area (Å²) in [6.07, 6.45) is 5.38. The predicted molar refractivity (Wildman–Crippen MR) is 102 cm³/mol. The third-order valence-electron chi connectivity index (χ3n) is 5.09. The molecule has 3 aromatic rings. The van der Waals surface area contributed by atoms with Crippen molar-refractivity contribution in [2.75, 3.05) is 13.1 Å². The normalized spacial score (nSPS) is 16.9. The van der Waals surface area contributed by atoms with Crippen LogP contribution in [0.4, 0.5) is 0 Å². The molecule has 1 unspecified atom stereocenters. The lowest BCUT2D eigenvalue weighted by atomic mass is 10.1. The standard InChI is InChI=1S/C20H23N5O4/c1-13-17(14(2)28-23-13)10-19(26)25-9-3-4-16(11-25)27-12-18-22-20(24-29-18)15-5-7-21-8-6-15/h5-8,16H,3-4,9-12H2,1-2H3.